The Hall–Kier alpha value is -3.38. The van der Waals surface area contributed by atoms with Gasteiger partial charge in [-0.2, -0.15) is 13.2 Å². The summed E-state index contributed by atoms with van der Waals surface area (Å²) in [6, 6.07) is 7.22. The summed E-state index contributed by atoms with van der Waals surface area (Å²) in [6.45, 7) is 3.04. The second-order valence-electron chi connectivity index (χ2n) is 8.94. The normalized spacial score (nSPS) is 16.4. The number of hydrogen-bond donors (Lipinski definition) is 3. The molecule has 1 heterocycles. The summed E-state index contributed by atoms with van der Waals surface area (Å²) in [5.74, 6) is 0.294. The smallest absolute Gasteiger partial charge is 0.416 e. The quantitative estimate of drug-likeness (QED) is 0.392. The molecule has 0 spiro atoms. The molecule has 0 saturated carbocycles. The topological polar surface area (TPSA) is 129 Å². The zero-order valence-electron chi connectivity index (χ0n) is 20.9. The number of nitrogens with two attached hydrogens (primary N) is 2. The number of hydrogen-bond acceptors (Lipinski definition) is 7. The fraction of sp³-hybridized carbons (Fsp3) is 0.440. The van der Waals surface area contributed by atoms with Crippen LogP contribution in [0.5, 0.6) is 11.5 Å². The van der Waals surface area contributed by atoms with Gasteiger partial charge < -0.3 is 31.0 Å². The van der Waals surface area contributed by atoms with Crippen molar-refractivity contribution in [3.8, 4) is 11.5 Å². The van der Waals surface area contributed by atoms with Crippen molar-refractivity contribution in [3.05, 3.63) is 52.5 Å². The summed E-state index contributed by atoms with van der Waals surface area (Å²) < 4.78 is 55.0. The Bertz CT molecular complexity index is 1130. The lowest BCUT2D eigenvalue weighted by Gasteiger charge is -2.39. The molecule has 2 unspecified atom stereocenters. The van der Waals surface area contributed by atoms with Gasteiger partial charge in [0.05, 0.1) is 28.9 Å². The number of rotatable bonds is 9. The summed E-state index contributed by atoms with van der Waals surface area (Å²) in [5.41, 5.74) is 10.7. The molecular weight excluding hydrogens is 529 g/mol. The lowest BCUT2D eigenvalue weighted by Crippen LogP contribution is -2.52. The number of piperidine rings is 1. The molecule has 0 bridgehead atoms. The molecule has 1 aliphatic heterocycles. The number of carbonyl (C=O) groups excluding carboxylic acids is 2. The minimum absolute atomic E-state index is 0.143. The Morgan fingerprint density at radius 1 is 1.18 bits per heavy atom. The molecule has 9 nitrogen and oxygen atoms in total. The molecule has 0 aliphatic carbocycles. The van der Waals surface area contributed by atoms with Crippen molar-refractivity contribution in [1.29, 1.82) is 0 Å². The van der Waals surface area contributed by atoms with Gasteiger partial charge >= 0.3 is 12.3 Å². The minimum Gasteiger partial charge on any atom is -0.496 e. The van der Waals surface area contributed by atoms with Crippen LogP contribution >= 0.6 is 11.6 Å². The first-order valence-electron chi connectivity index (χ1n) is 11.8. The maximum Gasteiger partial charge on any atom is 0.416 e. The van der Waals surface area contributed by atoms with E-state index in [2.05, 4.69) is 5.32 Å². The van der Waals surface area contributed by atoms with Crippen LogP contribution in [0.2, 0.25) is 5.02 Å². The maximum absolute atomic E-state index is 12.9. The molecule has 1 aliphatic rings. The van der Waals surface area contributed by atoms with Crippen molar-refractivity contribution in [2.75, 3.05) is 32.5 Å². The van der Waals surface area contributed by atoms with Crippen LogP contribution in [0.4, 0.5) is 23.7 Å². The molecule has 2 aromatic rings. The number of methoxy groups -OCH3 is 1. The second kappa shape index (κ2) is 12.4. The standard InChI is InChI=1S/C25H30ClF3N4O5/c1-14(37-24(31)35)23(38-17-5-3-16(4-6-17)25(27,28)29)33-9-7-15(8-10-33)13-32-22(34)18-11-19(26)20(30)12-21(18)36-2/h3-6,11-12,14-15,23H,7-10,13,30H2,1-2H3,(H2,31,35)(H,32,34). The van der Waals surface area contributed by atoms with E-state index in [1.165, 1.54) is 31.4 Å². The predicted octanol–water partition coefficient (Wildman–Crippen LogP) is 4.28. The number of carbonyl (C=O) groups is 2. The summed E-state index contributed by atoms with van der Waals surface area (Å²) >= 11 is 6.06. The lowest BCUT2D eigenvalue weighted by atomic mass is 9.96. The van der Waals surface area contributed by atoms with Gasteiger partial charge in [0.25, 0.3) is 5.91 Å². The van der Waals surface area contributed by atoms with Gasteiger partial charge in [-0.3, -0.25) is 9.69 Å². The minimum atomic E-state index is -4.47. The van der Waals surface area contributed by atoms with Crippen LogP contribution in [-0.2, 0) is 10.9 Å². The third-order valence-electron chi connectivity index (χ3n) is 6.27. The SMILES string of the molecule is COc1cc(N)c(Cl)cc1C(=O)NCC1CCN(C(Oc2ccc(C(F)(F)F)cc2)C(C)OC(N)=O)CC1. The van der Waals surface area contributed by atoms with Gasteiger partial charge in [-0.05, 0) is 56.0 Å². The number of nitrogen functional groups attached to an aromatic ring is 1. The van der Waals surface area contributed by atoms with E-state index < -0.39 is 30.2 Å². The number of halogens is 4. The van der Waals surface area contributed by atoms with E-state index in [0.717, 1.165) is 12.1 Å². The summed E-state index contributed by atoms with van der Waals surface area (Å²) in [6.07, 6.45) is -5.69. The number of alkyl halides is 3. The van der Waals surface area contributed by atoms with E-state index in [1.807, 2.05) is 4.90 Å². The fourth-order valence-corrected chi connectivity index (χ4v) is 4.39. The third kappa shape index (κ3) is 7.57. The van der Waals surface area contributed by atoms with Crippen molar-refractivity contribution in [1.82, 2.24) is 10.2 Å². The van der Waals surface area contributed by atoms with Gasteiger partial charge in [0.2, 0.25) is 0 Å². The van der Waals surface area contributed by atoms with Crippen LogP contribution in [0.1, 0.15) is 35.7 Å². The third-order valence-corrected chi connectivity index (χ3v) is 6.59. The maximum atomic E-state index is 12.9. The highest BCUT2D eigenvalue weighted by Crippen LogP contribution is 2.32. The molecule has 1 saturated heterocycles. The molecular formula is C25H30ClF3N4O5. The van der Waals surface area contributed by atoms with Crippen molar-refractivity contribution in [3.63, 3.8) is 0 Å². The molecule has 2 atom stereocenters. The van der Waals surface area contributed by atoms with E-state index in [0.29, 0.717) is 43.9 Å². The van der Waals surface area contributed by atoms with Crippen molar-refractivity contribution in [2.45, 2.75) is 38.3 Å². The van der Waals surface area contributed by atoms with E-state index in [4.69, 9.17) is 37.3 Å². The Balaban J connectivity index is 1.61. The highest BCUT2D eigenvalue weighted by Gasteiger charge is 2.33. The number of nitrogens with zero attached hydrogens (tertiary/aromatic N) is 1. The Morgan fingerprint density at radius 3 is 2.37 bits per heavy atom. The molecule has 3 rings (SSSR count). The summed E-state index contributed by atoms with van der Waals surface area (Å²) in [5, 5.41) is 3.14. The number of benzene rings is 2. The van der Waals surface area contributed by atoms with Crippen LogP contribution in [0.3, 0.4) is 0 Å². The Kier molecular flexibility index (Phi) is 9.55. The van der Waals surface area contributed by atoms with Crippen LogP contribution in [0.25, 0.3) is 0 Å². The van der Waals surface area contributed by atoms with E-state index in [9.17, 15) is 22.8 Å². The zero-order valence-corrected chi connectivity index (χ0v) is 21.6. The van der Waals surface area contributed by atoms with Crippen LogP contribution < -0.4 is 26.3 Å². The highest BCUT2D eigenvalue weighted by atomic mass is 35.5. The molecule has 0 aromatic heterocycles. The summed E-state index contributed by atoms with van der Waals surface area (Å²) in [4.78, 5) is 26.0. The van der Waals surface area contributed by atoms with Crippen molar-refractivity contribution in [2.24, 2.45) is 11.7 Å². The monoisotopic (exact) mass is 558 g/mol. The molecule has 38 heavy (non-hydrogen) atoms. The molecule has 1 fully saturated rings. The van der Waals surface area contributed by atoms with Gasteiger partial charge in [0.15, 0.2) is 12.3 Å². The predicted molar refractivity (Wildman–Crippen MR) is 135 cm³/mol. The van der Waals surface area contributed by atoms with E-state index in [-0.39, 0.29) is 28.2 Å². The first kappa shape index (κ1) is 29.2. The van der Waals surface area contributed by atoms with Gasteiger partial charge in [-0.15, -0.1) is 0 Å². The largest absolute Gasteiger partial charge is 0.496 e. The number of anilines is 1. The molecule has 2 aromatic carbocycles. The van der Waals surface area contributed by atoms with Gasteiger partial charge in [-0.25, -0.2) is 4.79 Å². The number of ether oxygens (including phenoxy) is 3. The average Bonchev–Trinajstić information content (AvgIpc) is 2.86. The fourth-order valence-electron chi connectivity index (χ4n) is 4.23. The van der Waals surface area contributed by atoms with Gasteiger partial charge in [0, 0.05) is 25.7 Å². The average molecular weight is 559 g/mol. The van der Waals surface area contributed by atoms with E-state index in [1.54, 1.807) is 6.92 Å². The number of nitrogens with one attached hydrogen (secondary N) is 1. The molecule has 0 radical (unpaired) electrons. The van der Waals surface area contributed by atoms with Crippen LogP contribution in [0.15, 0.2) is 36.4 Å². The van der Waals surface area contributed by atoms with Gasteiger partial charge in [-0.1, -0.05) is 11.6 Å². The van der Waals surface area contributed by atoms with E-state index >= 15 is 0 Å². The van der Waals surface area contributed by atoms with Crippen molar-refractivity contribution < 1.29 is 37.0 Å². The van der Waals surface area contributed by atoms with Crippen LogP contribution in [0, 0.1) is 5.92 Å². The lowest BCUT2D eigenvalue weighted by molar-refractivity contribution is -0.137. The zero-order chi connectivity index (χ0) is 28.0. The molecule has 2 amide bonds. The number of likely N-dealkylation sites (tertiary alicyclic amines) is 1. The first-order valence-corrected chi connectivity index (χ1v) is 12.2. The first-order chi connectivity index (χ1) is 17.9. The summed E-state index contributed by atoms with van der Waals surface area (Å²) in [7, 11) is 1.43. The highest BCUT2D eigenvalue weighted by molar-refractivity contribution is 6.33. The Morgan fingerprint density at radius 2 is 1.82 bits per heavy atom. The molecule has 13 heteroatoms. The van der Waals surface area contributed by atoms with Gasteiger partial charge in [0.1, 0.15) is 11.5 Å². The molecule has 208 valence electrons. The van der Waals surface area contributed by atoms with Crippen LogP contribution in [-0.4, -0.2) is 56.0 Å². The number of amides is 2. The Labute approximate surface area is 223 Å². The number of primary amides is 1. The second-order valence-corrected chi connectivity index (χ2v) is 9.34. The molecule has 5 N–H and O–H groups in total. The van der Waals surface area contributed by atoms with Crippen molar-refractivity contribution >= 4 is 29.3 Å².